The Morgan fingerprint density at radius 1 is 1.25 bits per heavy atom. The molecule has 6 nitrogen and oxygen atoms in total. The van der Waals surface area contributed by atoms with Crippen LogP contribution in [0.2, 0.25) is 0 Å². The third-order valence-corrected chi connectivity index (χ3v) is 4.49. The summed E-state index contributed by atoms with van der Waals surface area (Å²) in [5, 5.41) is 6.68. The summed E-state index contributed by atoms with van der Waals surface area (Å²) in [6, 6.07) is 8.12. The Morgan fingerprint density at radius 2 is 2.07 bits per heavy atom. The fourth-order valence-corrected chi connectivity index (χ4v) is 3.05. The topological polar surface area (TPSA) is 64.1 Å². The van der Waals surface area contributed by atoms with Crippen LogP contribution < -0.4 is 15.4 Å². The van der Waals surface area contributed by atoms with Crippen molar-refractivity contribution < 1.29 is 14.2 Å². The molecule has 158 valence electrons. The first kappa shape index (κ1) is 22.5. The van der Waals surface area contributed by atoms with Crippen LogP contribution in [0.15, 0.2) is 29.3 Å². The predicted molar refractivity (Wildman–Crippen MR) is 114 cm³/mol. The second-order valence-corrected chi connectivity index (χ2v) is 7.42. The van der Waals surface area contributed by atoms with E-state index in [-0.39, 0.29) is 6.10 Å². The van der Waals surface area contributed by atoms with Crippen molar-refractivity contribution in [3.63, 3.8) is 0 Å². The summed E-state index contributed by atoms with van der Waals surface area (Å²) in [6.45, 7) is 11.8. The van der Waals surface area contributed by atoms with Gasteiger partial charge in [-0.1, -0.05) is 12.1 Å². The van der Waals surface area contributed by atoms with Crippen molar-refractivity contribution >= 4 is 5.96 Å². The molecule has 28 heavy (non-hydrogen) atoms. The number of hydrogen-bond acceptors (Lipinski definition) is 4. The Balaban J connectivity index is 1.68. The van der Waals surface area contributed by atoms with E-state index < -0.39 is 0 Å². The zero-order chi connectivity index (χ0) is 20.0. The van der Waals surface area contributed by atoms with Crippen molar-refractivity contribution in [3.8, 4) is 5.75 Å². The summed E-state index contributed by atoms with van der Waals surface area (Å²) >= 11 is 0. The molecule has 0 aliphatic carbocycles. The van der Waals surface area contributed by atoms with Crippen molar-refractivity contribution in [1.29, 1.82) is 0 Å². The van der Waals surface area contributed by atoms with Crippen LogP contribution >= 0.6 is 0 Å². The molecule has 0 atom stereocenters. The molecule has 1 saturated heterocycles. The molecule has 1 aromatic carbocycles. The van der Waals surface area contributed by atoms with Gasteiger partial charge in [0.2, 0.25) is 0 Å². The third-order valence-electron chi connectivity index (χ3n) is 4.49. The van der Waals surface area contributed by atoms with Crippen molar-refractivity contribution in [3.05, 3.63) is 29.8 Å². The van der Waals surface area contributed by atoms with Gasteiger partial charge in [0.25, 0.3) is 0 Å². The highest BCUT2D eigenvalue weighted by molar-refractivity contribution is 5.79. The molecule has 0 saturated carbocycles. The highest BCUT2D eigenvalue weighted by Crippen LogP contribution is 2.16. The van der Waals surface area contributed by atoms with E-state index in [1.54, 1.807) is 0 Å². The molecule has 1 aliphatic heterocycles. The van der Waals surface area contributed by atoms with Gasteiger partial charge in [0.1, 0.15) is 5.75 Å². The third kappa shape index (κ3) is 9.42. The smallest absolute Gasteiger partial charge is 0.191 e. The van der Waals surface area contributed by atoms with Crippen molar-refractivity contribution in [1.82, 2.24) is 10.6 Å². The summed E-state index contributed by atoms with van der Waals surface area (Å²) in [4.78, 5) is 4.68. The van der Waals surface area contributed by atoms with E-state index >= 15 is 0 Å². The maximum atomic E-state index is 5.82. The monoisotopic (exact) mass is 391 g/mol. The minimum absolute atomic E-state index is 0.173. The lowest BCUT2D eigenvalue weighted by molar-refractivity contribution is 0.0203. The van der Waals surface area contributed by atoms with Crippen LogP contribution in [0.4, 0.5) is 0 Å². The van der Waals surface area contributed by atoms with Gasteiger partial charge >= 0.3 is 0 Å². The molecule has 6 heteroatoms. The lowest BCUT2D eigenvalue weighted by Gasteiger charge is -2.21. The summed E-state index contributed by atoms with van der Waals surface area (Å²) in [7, 11) is 0. The molecule has 0 unspecified atom stereocenters. The van der Waals surface area contributed by atoms with Gasteiger partial charge in [-0.25, -0.2) is 4.99 Å². The van der Waals surface area contributed by atoms with E-state index in [0.29, 0.717) is 12.5 Å². The number of benzene rings is 1. The molecule has 0 amide bonds. The molecule has 1 aliphatic rings. The normalized spacial score (nSPS) is 15.6. The summed E-state index contributed by atoms with van der Waals surface area (Å²) in [5.41, 5.74) is 1.13. The molecule has 1 aromatic rings. The van der Waals surface area contributed by atoms with Crippen molar-refractivity contribution in [2.45, 2.75) is 52.7 Å². The largest absolute Gasteiger partial charge is 0.491 e. The molecular weight excluding hydrogens is 354 g/mol. The van der Waals surface area contributed by atoms with Crippen LogP contribution in [0.1, 0.15) is 45.6 Å². The number of rotatable bonds is 11. The second-order valence-electron chi connectivity index (χ2n) is 7.42. The molecule has 2 rings (SSSR count). The lowest BCUT2D eigenvalue weighted by Crippen LogP contribution is -2.38. The Hall–Kier alpha value is -1.79. The zero-order valence-electron chi connectivity index (χ0n) is 17.7. The second kappa shape index (κ2) is 13.4. The number of ether oxygens (including phenoxy) is 3. The molecule has 0 bridgehead atoms. The van der Waals surface area contributed by atoms with Crippen LogP contribution in [0.3, 0.4) is 0 Å². The number of hydrogen-bond donors (Lipinski definition) is 2. The average molecular weight is 392 g/mol. The van der Waals surface area contributed by atoms with Gasteiger partial charge in [-0.3, -0.25) is 0 Å². The molecule has 1 fully saturated rings. The van der Waals surface area contributed by atoms with E-state index in [2.05, 4.69) is 34.7 Å². The average Bonchev–Trinajstić information content (AvgIpc) is 2.69. The first-order valence-corrected chi connectivity index (χ1v) is 10.6. The fraction of sp³-hybridized carbons (Fsp3) is 0.682. The van der Waals surface area contributed by atoms with Gasteiger partial charge in [0.15, 0.2) is 5.96 Å². The van der Waals surface area contributed by atoms with E-state index in [1.807, 2.05) is 26.0 Å². The predicted octanol–water partition coefficient (Wildman–Crippen LogP) is 3.36. The van der Waals surface area contributed by atoms with Gasteiger partial charge in [0.05, 0.1) is 12.6 Å². The van der Waals surface area contributed by atoms with Crippen LogP contribution in [-0.4, -0.2) is 51.6 Å². The number of aliphatic imine (C=N–C) groups is 1. The highest BCUT2D eigenvalue weighted by atomic mass is 16.5. The van der Waals surface area contributed by atoms with E-state index in [1.165, 1.54) is 0 Å². The molecular formula is C22H37N3O3. The maximum absolute atomic E-state index is 5.82. The maximum Gasteiger partial charge on any atom is 0.191 e. The highest BCUT2D eigenvalue weighted by Gasteiger charge is 2.13. The van der Waals surface area contributed by atoms with Crippen LogP contribution in [0.25, 0.3) is 0 Å². The molecule has 2 N–H and O–H groups in total. The molecule has 1 heterocycles. The van der Waals surface area contributed by atoms with Crippen molar-refractivity contribution in [2.75, 3.05) is 39.5 Å². The molecule has 0 spiro atoms. The Bertz CT molecular complexity index is 572. The quantitative estimate of drug-likeness (QED) is 0.344. The first-order valence-electron chi connectivity index (χ1n) is 10.6. The van der Waals surface area contributed by atoms with Crippen LogP contribution in [-0.2, 0) is 16.0 Å². The summed E-state index contributed by atoms with van der Waals surface area (Å²) < 4.78 is 17.0. The van der Waals surface area contributed by atoms with E-state index in [9.17, 15) is 0 Å². The number of guanidine groups is 1. The Morgan fingerprint density at radius 3 is 2.82 bits per heavy atom. The van der Waals surface area contributed by atoms with Gasteiger partial charge < -0.3 is 24.8 Å². The first-order chi connectivity index (χ1) is 13.7. The lowest BCUT2D eigenvalue weighted by atomic mass is 10.0. The van der Waals surface area contributed by atoms with E-state index in [4.69, 9.17) is 14.2 Å². The number of nitrogens with zero attached hydrogens (tertiary/aromatic N) is 1. The molecule has 0 radical (unpaired) electrons. The van der Waals surface area contributed by atoms with Gasteiger partial charge in [-0.15, -0.1) is 0 Å². The zero-order valence-corrected chi connectivity index (χ0v) is 17.7. The Labute approximate surface area is 170 Å². The van der Waals surface area contributed by atoms with Crippen LogP contribution in [0, 0.1) is 5.92 Å². The summed E-state index contributed by atoms with van der Waals surface area (Å²) in [5.74, 6) is 2.39. The Kier molecular flexibility index (Phi) is 10.8. The minimum atomic E-state index is 0.173. The van der Waals surface area contributed by atoms with Crippen LogP contribution in [0.5, 0.6) is 5.75 Å². The number of nitrogens with one attached hydrogen (secondary N) is 2. The summed E-state index contributed by atoms with van der Waals surface area (Å²) in [6.07, 6.45) is 3.38. The van der Waals surface area contributed by atoms with Gasteiger partial charge in [-0.05, 0) is 63.6 Å². The minimum Gasteiger partial charge on any atom is -0.491 e. The molecule has 0 aromatic heterocycles. The fourth-order valence-electron chi connectivity index (χ4n) is 3.05. The van der Waals surface area contributed by atoms with E-state index in [0.717, 1.165) is 76.1 Å². The van der Waals surface area contributed by atoms with Gasteiger partial charge in [-0.2, -0.15) is 0 Å². The van der Waals surface area contributed by atoms with Gasteiger partial charge in [0, 0.05) is 39.5 Å². The standard InChI is InChI=1S/C22H37N3O3/c1-4-23-22(24-11-6-12-27-17-19-9-13-26-14-10-19)25-16-20-7-5-8-21(15-20)28-18(2)3/h5,7-8,15,18-19H,4,6,9-14,16-17H2,1-3H3,(H2,23,24,25). The SMILES string of the molecule is CCNC(=NCc1cccc(OC(C)C)c1)NCCCOCC1CCOCC1. The van der Waals surface area contributed by atoms with Crippen molar-refractivity contribution in [2.24, 2.45) is 10.9 Å².